The third kappa shape index (κ3) is 3.23. The van der Waals surface area contributed by atoms with Crippen molar-refractivity contribution in [2.75, 3.05) is 5.32 Å². The topological polar surface area (TPSA) is 48.7 Å². The number of anilines is 1. The summed E-state index contributed by atoms with van der Waals surface area (Å²) in [6.07, 6.45) is 6.90. The Hall–Kier alpha value is -2.00. The van der Waals surface area contributed by atoms with E-state index in [-0.39, 0.29) is 6.04 Å². The maximum atomic E-state index is 9.14. The summed E-state index contributed by atoms with van der Waals surface area (Å²) in [6.45, 7) is 5.84. The Morgan fingerprint density at radius 1 is 1.53 bits per heavy atom. The molecule has 0 aliphatic heterocycles. The van der Waals surface area contributed by atoms with Crippen molar-refractivity contribution in [1.29, 1.82) is 5.26 Å². The molecule has 1 aromatic rings. The van der Waals surface area contributed by atoms with Crippen LogP contribution in [-0.2, 0) is 0 Å². The van der Waals surface area contributed by atoms with Gasteiger partial charge in [-0.25, -0.2) is 0 Å². The van der Waals surface area contributed by atoms with E-state index in [1.807, 2.05) is 19.9 Å². The molecule has 0 aliphatic carbocycles. The van der Waals surface area contributed by atoms with Gasteiger partial charge in [0, 0.05) is 18.2 Å². The van der Waals surface area contributed by atoms with E-state index in [4.69, 9.17) is 11.7 Å². The molecule has 3 nitrogen and oxygen atoms in total. The van der Waals surface area contributed by atoms with Gasteiger partial charge in [0.1, 0.15) is 6.07 Å². The number of hydrogen-bond donors (Lipinski definition) is 1. The van der Waals surface area contributed by atoms with Gasteiger partial charge in [0.05, 0.1) is 16.9 Å². The highest BCUT2D eigenvalue weighted by atomic mass is 14.9. The van der Waals surface area contributed by atoms with Crippen molar-refractivity contribution in [3.8, 4) is 18.4 Å². The molecule has 0 amide bonds. The molecule has 0 spiro atoms. The number of rotatable bonds is 4. The molecular formula is C14H17N3. The van der Waals surface area contributed by atoms with Gasteiger partial charge in [-0.2, -0.15) is 5.26 Å². The van der Waals surface area contributed by atoms with Crippen LogP contribution in [0, 0.1) is 37.5 Å². The fraction of sp³-hybridized carbons (Fsp3) is 0.429. The van der Waals surface area contributed by atoms with Crippen LogP contribution in [0.4, 0.5) is 5.69 Å². The van der Waals surface area contributed by atoms with Crippen molar-refractivity contribution in [2.24, 2.45) is 0 Å². The van der Waals surface area contributed by atoms with Crippen molar-refractivity contribution < 1.29 is 0 Å². The molecule has 1 rings (SSSR count). The van der Waals surface area contributed by atoms with Crippen LogP contribution in [0.5, 0.6) is 0 Å². The number of terminal acetylenes is 1. The van der Waals surface area contributed by atoms with Gasteiger partial charge in [-0.15, -0.1) is 12.3 Å². The highest BCUT2D eigenvalue weighted by molar-refractivity contribution is 5.60. The van der Waals surface area contributed by atoms with Gasteiger partial charge in [0.25, 0.3) is 0 Å². The summed E-state index contributed by atoms with van der Waals surface area (Å²) in [5.41, 5.74) is 3.09. The number of pyridine rings is 1. The highest BCUT2D eigenvalue weighted by Gasteiger charge is 2.11. The second kappa shape index (κ2) is 5.92. The Balaban J connectivity index is 3.05. The quantitative estimate of drug-likeness (QED) is 0.805. The maximum Gasteiger partial charge on any atom is 0.103 e. The molecule has 0 aliphatic rings. The summed E-state index contributed by atoms with van der Waals surface area (Å²) in [5, 5.41) is 12.5. The third-order valence-corrected chi connectivity index (χ3v) is 2.66. The largest absolute Gasteiger partial charge is 0.380 e. The van der Waals surface area contributed by atoms with E-state index in [1.165, 1.54) is 0 Å². The molecule has 1 unspecified atom stereocenters. The second-order valence-corrected chi connectivity index (χ2v) is 4.04. The summed E-state index contributed by atoms with van der Waals surface area (Å²) >= 11 is 0. The first kappa shape index (κ1) is 13.1. The van der Waals surface area contributed by atoms with Crippen molar-refractivity contribution in [2.45, 2.75) is 39.7 Å². The number of hydrogen-bond acceptors (Lipinski definition) is 3. The molecule has 17 heavy (non-hydrogen) atoms. The number of aromatic nitrogens is 1. The molecule has 1 heterocycles. The molecule has 3 heteroatoms. The number of nitrogens with zero attached hydrogens (tertiary/aromatic N) is 2. The second-order valence-electron chi connectivity index (χ2n) is 4.04. The number of aryl methyl sites for hydroxylation is 2. The lowest BCUT2D eigenvalue weighted by Gasteiger charge is -2.17. The first-order valence-electron chi connectivity index (χ1n) is 5.70. The lowest BCUT2D eigenvalue weighted by Crippen LogP contribution is -2.19. The van der Waals surface area contributed by atoms with Gasteiger partial charge >= 0.3 is 0 Å². The first-order chi connectivity index (χ1) is 8.12. The molecule has 1 aromatic heterocycles. The Morgan fingerprint density at radius 2 is 2.24 bits per heavy atom. The van der Waals surface area contributed by atoms with E-state index in [0.29, 0.717) is 12.0 Å². The van der Waals surface area contributed by atoms with E-state index < -0.39 is 0 Å². The van der Waals surface area contributed by atoms with E-state index >= 15 is 0 Å². The summed E-state index contributed by atoms with van der Waals surface area (Å²) in [4.78, 5) is 4.28. The van der Waals surface area contributed by atoms with Crippen LogP contribution in [-0.4, -0.2) is 11.0 Å². The van der Waals surface area contributed by atoms with Crippen molar-refractivity contribution in [3.63, 3.8) is 0 Å². The van der Waals surface area contributed by atoms with E-state index in [9.17, 15) is 0 Å². The predicted octanol–water partition coefficient (Wildman–Crippen LogP) is 2.78. The minimum Gasteiger partial charge on any atom is -0.380 e. The van der Waals surface area contributed by atoms with Gasteiger partial charge in [0.15, 0.2) is 0 Å². The highest BCUT2D eigenvalue weighted by Crippen LogP contribution is 2.20. The van der Waals surface area contributed by atoms with E-state index in [0.717, 1.165) is 23.5 Å². The van der Waals surface area contributed by atoms with Crippen molar-refractivity contribution in [1.82, 2.24) is 4.98 Å². The summed E-state index contributed by atoms with van der Waals surface area (Å²) < 4.78 is 0. The zero-order chi connectivity index (χ0) is 12.8. The molecule has 0 bridgehead atoms. The average molecular weight is 227 g/mol. The predicted molar refractivity (Wildman–Crippen MR) is 69.6 cm³/mol. The number of nitrogens with one attached hydrogen (secondary N) is 1. The molecule has 0 saturated carbocycles. The zero-order valence-electron chi connectivity index (χ0n) is 10.5. The van der Waals surface area contributed by atoms with Crippen molar-refractivity contribution in [3.05, 3.63) is 23.0 Å². The maximum absolute atomic E-state index is 9.14. The lowest BCUT2D eigenvalue weighted by atomic mass is 10.1. The fourth-order valence-electron chi connectivity index (χ4n) is 1.74. The van der Waals surface area contributed by atoms with Crippen LogP contribution in [0.1, 0.15) is 36.7 Å². The summed E-state index contributed by atoms with van der Waals surface area (Å²) in [6, 6.07) is 4.28. The Morgan fingerprint density at radius 3 is 2.76 bits per heavy atom. The Bertz CT molecular complexity index is 477. The van der Waals surface area contributed by atoms with Crippen molar-refractivity contribution >= 4 is 5.69 Å². The summed E-state index contributed by atoms with van der Waals surface area (Å²) in [7, 11) is 0. The minimum atomic E-state index is 0.202. The van der Waals surface area contributed by atoms with E-state index in [2.05, 4.69) is 29.2 Å². The molecular weight excluding hydrogens is 210 g/mol. The van der Waals surface area contributed by atoms with Gasteiger partial charge in [-0.3, -0.25) is 4.98 Å². The van der Waals surface area contributed by atoms with Gasteiger partial charge in [-0.05, 0) is 26.3 Å². The van der Waals surface area contributed by atoms with Gasteiger partial charge < -0.3 is 5.32 Å². The van der Waals surface area contributed by atoms with Gasteiger partial charge in [-0.1, -0.05) is 6.92 Å². The SMILES string of the molecule is C#CCC(CC)Nc1cc(C)nc(C)c1C#N. The van der Waals surface area contributed by atoms with E-state index in [1.54, 1.807) is 0 Å². The van der Waals surface area contributed by atoms with Crippen LogP contribution in [0.2, 0.25) is 0 Å². The van der Waals surface area contributed by atoms with Crippen LogP contribution in [0.15, 0.2) is 6.07 Å². The normalized spacial score (nSPS) is 11.4. The zero-order valence-corrected chi connectivity index (χ0v) is 10.5. The van der Waals surface area contributed by atoms with Crippen LogP contribution in [0.3, 0.4) is 0 Å². The van der Waals surface area contributed by atoms with Crippen LogP contribution in [0.25, 0.3) is 0 Å². The molecule has 0 fully saturated rings. The molecule has 88 valence electrons. The molecule has 0 saturated heterocycles. The standard InChI is InChI=1S/C14H17N3/c1-5-7-12(6-2)17-14-8-10(3)16-11(4)13(14)9-15/h1,8,12H,6-7H2,2-4H3,(H,16,17). The first-order valence-corrected chi connectivity index (χ1v) is 5.70. The average Bonchev–Trinajstić information content (AvgIpc) is 2.28. The molecule has 1 atom stereocenters. The summed E-state index contributed by atoms with van der Waals surface area (Å²) in [5.74, 6) is 2.64. The fourth-order valence-corrected chi connectivity index (χ4v) is 1.74. The molecule has 0 aromatic carbocycles. The lowest BCUT2D eigenvalue weighted by molar-refractivity contribution is 0.714. The Kier molecular flexibility index (Phi) is 4.55. The third-order valence-electron chi connectivity index (χ3n) is 2.66. The number of nitriles is 1. The Labute approximate surface area is 103 Å². The van der Waals surface area contributed by atoms with Crippen LogP contribution < -0.4 is 5.32 Å². The molecule has 1 N–H and O–H groups in total. The van der Waals surface area contributed by atoms with Gasteiger partial charge in [0.2, 0.25) is 0 Å². The monoisotopic (exact) mass is 227 g/mol. The molecule has 0 radical (unpaired) electrons. The van der Waals surface area contributed by atoms with Crippen LogP contribution >= 0.6 is 0 Å². The smallest absolute Gasteiger partial charge is 0.103 e. The minimum absolute atomic E-state index is 0.202.